The molecule has 128 valence electrons. The molecule has 0 saturated heterocycles. The Bertz CT molecular complexity index is 933. The van der Waals surface area contributed by atoms with Crippen molar-refractivity contribution in [3.8, 4) is 0 Å². The van der Waals surface area contributed by atoms with Gasteiger partial charge in [0.2, 0.25) is 0 Å². The quantitative estimate of drug-likeness (QED) is 0.665. The Morgan fingerprint density at radius 3 is 2.64 bits per heavy atom. The number of methoxy groups -OCH3 is 1. The first kappa shape index (κ1) is 16.6. The lowest BCUT2D eigenvalue weighted by Crippen LogP contribution is -2.06. The van der Waals surface area contributed by atoms with E-state index in [2.05, 4.69) is 15.0 Å². The largest absolute Gasteiger partial charge is 0.465 e. The van der Waals surface area contributed by atoms with E-state index in [-0.39, 0.29) is 6.61 Å². The molecule has 0 aliphatic rings. The smallest absolute Gasteiger partial charge is 0.338 e. The van der Waals surface area contributed by atoms with Crippen LogP contribution in [-0.2, 0) is 22.6 Å². The number of esters is 2. The fourth-order valence-electron chi connectivity index (χ4n) is 2.47. The maximum absolute atomic E-state index is 12.2. The van der Waals surface area contributed by atoms with Gasteiger partial charge in [0, 0.05) is 6.54 Å². The molecule has 0 amide bonds. The third-order valence-electron chi connectivity index (χ3n) is 3.77. The van der Waals surface area contributed by atoms with E-state index < -0.39 is 11.9 Å². The van der Waals surface area contributed by atoms with Gasteiger partial charge in [-0.1, -0.05) is 17.3 Å². The molecule has 0 aliphatic carbocycles. The zero-order valence-corrected chi connectivity index (χ0v) is 13.9. The average molecular weight is 339 g/mol. The second kappa shape index (κ2) is 7.12. The standard InChI is InChI=1S/C18H17N3O4/c1-3-21-16-8-7-14(10-15(16)19-20-21)18(23)25-11-12-5-4-6-13(9-12)17(22)24-2/h4-10H,3,11H2,1-2H3. The highest BCUT2D eigenvalue weighted by Gasteiger charge is 2.12. The molecule has 25 heavy (non-hydrogen) atoms. The summed E-state index contributed by atoms with van der Waals surface area (Å²) in [7, 11) is 1.32. The van der Waals surface area contributed by atoms with E-state index in [1.165, 1.54) is 7.11 Å². The maximum atomic E-state index is 12.2. The minimum atomic E-state index is -0.462. The summed E-state index contributed by atoms with van der Waals surface area (Å²) in [5, 5.41) is 8.06. The summed E-state index contributed by atoms with van der Waals surface area (Å²) in [6.07, 6.45) is 0. The number of aromatic nitrogens is 3. The molecule has 0 spiro atoms. The van der Waals surface area contributed by atoms with Crippen LogP contribution in [-0.4, -0.2) is 34.0 Å². The number of nitrogens with zero attached hydrogens (tertiary/aromatic N) is 3. The first-order chi connectivity index (χ1) is 12.1. The van der Waals surface area contributed by atoms with Crippen LogP contribution >= 0.6 is 0 Å². The lowest BCUT2D eigenvalue weighted by Gasteiger charge is -2.06. The van der Waals surface area contributed by atoms with Crippen molar-refractivity contribution in [2.75, 3.05) is 7.11 Å². The summed E-state index contributed by atoms with van der Waals surface area (Å²) in [4.78, 5) is 23.8. The molecule has 0 aliphatic heterocycles. The highest BCUT2D eigenvalue weighted by Crippen LogP contribution is 2.15. The number of benzene rings is 2. The molecule has 0 radical (unpaired) electrons. The third-order valence-corrected chi connectivity index (χ3v) is 3.77. The van der Waals surface area contributed by atoms with Gasteiger partial charge in [0.05, 0.1) is 23.8 Å². The lowest BCUT2D eigenvalue weighted by atomic mass is 10.1. The highest BCUT2D eigenvalue weighted by atomic mass is 16.5. The number of aryl methyl sites for hydroxylation is 1. The van der Waals surface area contributed by atoms with E-state index in [1.54, 1.807) is 47.1 Å². The number of fused-ring (bicyclic) bond motifs is 1. The van der Waals surface area contributed by atoms with Crippen LogP contribution in [0.25, 0.3) is 11.0 Å². The average Bonchev–Trinajstić information content (AvgIpc) is 3.07. The van der Waals surface area contributed by atoms with E-state index in [0.717, 1.165) is 5.52 Å². The molecule has 1 aromatic heterocycles. The van der Waals surface area contributed by atoms with Gasteiger partial charge in [0.15, 0.2) is 0 Å². The van der Waals surface area contributed by atoms with Crippen molar-refractivity contribution in [3.05, 3.63) is 59.2 Å². The monoisotopic (exact) mass is 339 g/mol. The number of ether oxygens (including phenoxy) is 2. The molecule has 7 heteroatoms. The molecule has 7 nitrogen and oxygen atoms in total. The van der Waals surface area contributed by atoms with E-state index in [1.807, 2.05) is 6.92 Å². The topological polar surface area (TPSA) is 83.3 Å². The lowest BCUT2D eigenvalue weighted by molar-refractivity contribution is 0.0473. The number of hydrogen-bond acceptors (Lipinski definition) is 6. The van der Waals surface area contributed by atoms with E-state index in [4.69, 9.17) is 4.74 Å². The van der Waals surface area contributed by atoms with Gasteiger partial charge in [-0.05, 0) is 42.8 Å². The van der Waals surface area contributed by atoms with Gasteiger partial charge in [-0.2, -0.15) is 0 Å². The predicted octanol–water partition coefficient (Wildman–Crippen LogP) is 2.59. The minimum absolute atomic E-state index is 0.0589. The van der Waals surface area contributed by atoms with Crippen LogP contribution in [0.3, 0.4) is 0 Å². The van der Waals surface area contributed by atoms with Crippen molar-refractivity contribution in [2.24, 2.45) is 0 Å². The van der Waals surface area contributed by atoms with Gasteiger partial charge in [-0.15, -0.1) is 5.10 Å². The Hall–Kier alpha value is -3.22. The number of hydrogen-bond donors (Lipinski definition) is 0. The second-order valence-electron chi connectivity index (χ2n) is 5.38. The van der Waals surface area contributed by atoms with Crippen LogP contribution < -0.4 is 0 Å². The molecular formula is C18H17N3O4. The molecule has 0 bridgehead atoms. The zero-order valence-electron chi connectivity index (χ0n) is 13.9. The Morgan fingerprint density at radius 2 is 1.88 bits per heavy atom. The highest BCUT2D eigenvalue weighted by molar-refractivity contribution is 5.93. The Labute approximate surface area is 144 Å². The van der Waals surface area contributed by atoms with Gasteiger partial charge in [-0.3, -0.25) is 0 Å². The summed E-state index contributed by atoms with van der Waals surface area (Å²) in [6, 6.07) is 11.9. The van der Waals surface area contributed by atoms with Gasteiger partial charge < -0.3 is 9.47 Å². The third kappa shape index (κ3) is 3.50. The van der Waals surface area contributed by atoms with E-state index in [9.17, 15) is 9.59 Å². The molecule has 0 fully saturated rings. The number of rotatable bonds is 5. The van der Waals surface area contributed by atoms with Crippen molar-refractivity contribution in [3.63, 3.8) is 0 Å². The van der Waals surface area contributed by atoms with Crippen LogP contribution in [0.4, 0.5) is 0 Å². The zero-order chi connectivity index (χ0) is 17.8. The fourth-order valence-corrected chi connectivity index (χ4v) is 2.47. The molecule has 2 aromatic carbocycles. The fraction of sp³-hybridized carbons (Fsp3) is 0.222. The van der Waals surface area contributed by atoms with Crippen LogP contribution in [0.5, 0.6) is 0 Å². The van der Waals surface area contributed by atoms with Crippen molar-refractivity contribution in [1.29, 1.82) is 0 Å². The summed E-state index contributed by atoms with van der Waals surface area (Å²) < 4.78 is 11.7. The molecular weight excluding hydrogens is 322 g/mol. The molecule has 1 heterocycles. The van der Waals surface area contributed by atoms with Gasteiger partial charge in [0.25, 0.3) is 0 Å². The van der Waals surface area contributed by atoms with Gasteiger partial charge in [-0.25, -0.2) is 14.3 Å². The molecule has 3 rings (SSSR count). The Kier molecular flexibility index (Phi) is 4.74. The van der Waals surface area contributed by atoms with Crippen molar-refractivity contribution in [1.82, 2.24) is 15.0 Å². The van der Waals surface area contributed by atoms with Gasteiger partial charge >= 0.3 is 11.9 Å². The summed E-state index contributed by atoms with van der Waals surface area (Å²) in [5.41, 5.74) is 3.02. The van der Waals surface area contributed by atoms with E-state index in [0.29, 0.717) is 28.8 Å². The Morgan fingerprint density at radius 1 is 1.08 bits per heavy atom. The molecule has 0 saturated carbocycles. The first-order valence-electron chi connectivity index (χ1n) is 7.80. The first-order valence-corrected chi connectivity index (χ1v) is 7.80. The SMILES string of the molecule is CCn1nnc2cc(C(=O)OCc3cccc(C(=O)OC)c3)ccc21. The second-order valence-corrected chi connectivity index (χ2v) is 5.38. The number of carbonyl (C=O) groups is 2. The molecule has 0 N–H and O–H groups in total. The minimum Gasteiger partial charge on any atom is -0.465 e. The molecule has 0 atom stereocenters. The Balaban J connectivity index is 1.71. The van der Waals surface area contributed by atoms with Crippen molar-refractivity contribution < 1.29 is 19.1 Å². The summed E-state index contributed by atoms with van der Waals surface area (Å²) in [5.74, 6) is -0.894. The van der Waals surface area contributed by atoms with E-state index >= 15 is 0 Å². The van der Waals surface area contributed by atoms with Crippen LogP contribution in [0.1, 0.15) is 33.2 Å². The van der Waals surface area contributed by atoms with Crippen molar-refractivity contribution >= 4 is 23.0 Å². The molecule has 3 aromatic rings. The maximum Gasteiger partial charge on any atom is 0.338 e. The molecule has 0 unspecified atom stereocenters. The normalized spacial score (nSPS) is 10.6. The summed E-state index contributed by atoms with van der Waals surface area (Å²) >= 11 is 0. The van der Waals surface area contributed by atoms with Crippen LogP contribution in [0.15, 0.2) is 42.5 Å². The number of carbonyl (C=O) groups excluding carboxylic acids is 2. The van der Waals surface area contributed by atoms with Crippen LogP contribution in [0, 0.1) is 0 Å². The van der Waals surface area contributed by atoms with Gasteiger partial charge in [0.1, 0.15) is 12.1 Å². The summed E-state index contributed by atoms with van der Waals surface area (Å²) in [6.45, 7) is 2.74. The predicted molar refractivity (Wildman–Crippen MR) is 90.1 cm³/mol. The van der Waals surface area contributed by atoms with Crippen LogP contribution in [0.2, 0.25) is 0 Å². The van der Waals surface area contributed by atoms with Crippen molar-refractivity contribution in [2.45, 2.75) is 20.1 Å².